The minimum Gasteiger partial charge on any atom is -0.378 e. The fourth-order valence-electron chi connectivity index (χ4n) is 7.91. The van der Waals surface area contributed by atoms with Crippen LogP contribution in [-0.4, -0.2) is 29.6 Å². The van der Waals surface area contributed by atoms with E-state index in [-0.39, 0.29) is 0 Å². The Morgan fingerprint density at radius 1 is 1.10 bits per heavy atom. The number of benzene rings is 1. The maximum atomic E-state index is 4.09. The van der Waals surface area contributed by atoms with E-state index in [1.807, 2.05) is 0 Å². The number of fused-ring (bicyclic) bond motifs is 1. The highest BCUT2D eigenvalue weighted by molar-refractivity contribution is 5.69. The molecule has 1 N–H and O–H groups in total. The van der Waals surface area contributed by atoms with Crippen LogP contribution in [0.1, 0.15) is 44.6 Å². The van der Waals surface area contributed by atoms with Crippen LogP contribution in [0.25, 0.3) is 0 Å². The first kappa shape index (κ1) is 11.5. The lowest BCUT2D eigenvalue weighted by atomic mass is 9.60. The van der Waals surface area contributed by atoms with Gasteiger partial charge in [-0.15, -0.1) is 0 Å². The molecule has 110 valence electrons. The molecule has 0 radical (unpaired) electrons. The van der Waals surface area contributed by atoms with Crippen LogP contribution < -0.4 is 5.32 Å². The lowest BCUT2D eigenvalue weighted by molar-refractivity contribution is 0.0198. The molecule has 5 unspecified atom stereocenters. The zero-order valence-electron chi connectivity index (χ0n) is 12.9. The van der Waals surface area contributed by atoms with Gasteiger partial charge in [-0.3, -0.25) is 4.90 Å². The van der Waals surface area contributed by atoms with Crippen molar-refractivity contribution in [3.63, 3.8) is 0 Å². The molecule has 3 aliphatic heterocycles. The first-order valence-electron chi connectivity index (χ1n) is 8.86. The molecule has 2 aliphatic carbocycles. The predicted molar refractivity (Wildman–Crippen MR) is 84.5 cm³/mol. The third-order valence-electron chi connectivity index (χ3n) is 8.41. The van der Waals surface area contributed by atoms with Gasteiger partial charge in [0.1, 0.15) is 0 Å². The van der Waals surface area contributed by atoms with Gasteiger partial charge in [-0.2, -0.15) is 0 Å². The van der Waals surface area contributed by atoms with E-state index >= 15 is 0 Å². The van der Waals surface area contributed by atoms with Crippen molar-refractivity contribution in [3.05, 3.63) is 29.8 Å². The molecule has 6 rings (SSSR count). The van der Waals surface area contributed by atoms with Gasteiger partial charge in [-0.1, -0.05) is 25.1 Å². The van der Waals surface area contributed by atoms with Gasteiger partial charge in [0.15, 0.2) is 0 Å². The number of nitrogens with one attached hydrogen (secondary N) is 1. The van der Waals surface area contributed by atoms with Gasteiger partial charge in [0.25, 0.3) is 0 Å². The zero-order chi connectivity index (χ0) is 13.9. The largest absolute Gasteiger partial charge is 0.378 e. The average molecular weight is 280 g/mol. The molecule has 1 aromatic rings. The number of para-hydroxylation sites is 1. The third kappa shape index (κ3) is 0.900. The minimum absolute atomic E-state index is 0.362. The van der Waals surface area contributed by atoms with Gasteiger partial charge in [0, 0.05) is 17.1 Å². The van der Waals surface area contributed by atoms with Crippen molar-refractivity contribution < 1.29 is 0 Å². The van der Waals surface area contributed by atoms with E-state index < -0.39 is 0 Å². The number of hydrogen-bond acceptors (Lipinski definition) is 2. The summed E-state index contributed by atoms with van der Waals surface area (Å²) in [5, 5.41) is 4.09. The Kier molecular flexibility index (Phi) is 1.74. The van der Waals surface area contributed by atoms with Crippen LogP contribution in [-0.2, 0) is 5.41 Å². The molecule has 2 bridgehead atoms. The molecule has 2 nitrogen and oxygen atoms in total. The fraction of sp³-hybridized carbons (Fsp3) is 0.684. The monoisotopic (exact) mass is 280 g/mol. The zero-order valence-corrected chi connectivity index (χ0v) is 12.9. The molecule has 4 fully saturated rings. The highest BCUT2D eigenvalue weighted by Crippen LogP contribution is 2.78. The van der Waals surface area contributed by atoms with Gasteiger partial charge in [0.2, 0.25) is 0 Å². The molecule has 2 heteroatoms. The van der Waals surface area contributed by atoms with Crippen molar-refractivity contribution in [2.75, 3.05) is 18.4 Å². The van der Waals surface area contributed by atoms with E-state index in [0.717, 1.165) is 12.0 Å². The summed E-state index contributed by atoms with van der Waals surface area (Å²) >= 11 is 0. The van der Waals surface area contributed by atoms with Crippen LogP contribution >= 0.6 is 0 Å². The number of nitrogens with zero attached hydrogens (tertiary/aromatic N) is 1. The number of hydrogen-bond donors (Lipinski definition) is 1. The average Bonchev–Trinajstić information content (AvgIpc) is 3.17. The molecule has 3 heterocycles. The molecule has 0 aromatic heterocycles. The summed E-state index contributed by atoms with van der Waals surface area (Å²) in [4.78, 5) is 2.88. The van der Waals surface area contributed by atoms with Crippen molar-refractivity contribution >= 4 is 5.69 Å². The first-order valence-corrected chi connectivity index (χ1v) is 8.86. The van der Waals surface area contributed by atoms with E-state index in [9.17, 15) is 0 Å². The number of rotatable bonds is 0. The van der Waals surface area contributed by atoms with Crippen molar-refractivity contribution in [1.29, 1.82) is 0 Å². The van der Waals surface area contributed by atoms with E-state index in [2.05, 4.69) is 41.4 Å². The first-order chi connectivity index (χ1) is 10.2. The summed E-state index contributed by atoms with van der Waals surface area (Å²) in [6, 6.07) is 10.1. The van der Waals surface area contributed by atoms with Crippen molar-refractivity contribution in [2.45, 2.75) is 56.0 Å². The second-order valence-electron chi connectivity index (χ2n) is 8.36. The Morgan fingerprint density at radius 2 is 2.00 bits per heavy atom. The molecule has 5 aliphatic rings. The second kappa shape index (κ2) is 3.17. The van der Waals surface area contributed by atoms with E-state index in [1.165, 1.54) is 50.9 Å². The van der Waals surface area contributed by atoms with Crippen LogP contribution in [0.2, 0.25) is 0 Å². The topological polar surface area (TPSA) is 15.3 Å². The third-order valence-corrected chi connectivity index (χ3v) is 8.41. The SMILES string of the molecule is CC1C23CCCN4CCC5(c6ccccc6NC15CC2)C43. The van der Waals surface area contributed by atoms with Gasteiger partial charge in [-0.25, -0.2) is 0 Å². The second-order valence-corrected chi connectivity index (χ2v) is 8.36. The lowest BCUT2D eigenvalue weighted by Gasteiger charge is -2.50. The van der Waals surface area contributed by atoms with Gasteiger partial charge < -0.3 is 5.32 Å². The summed E-state index contributed by atoms with van der Waals surface area (Å²) in [7, 11) is 0. The van der Waals surface area contributed by atoms with Crippen LogP contribution in [0, 0.1) is 11.3 Å². The van der Waals surface area contributed by atoms with Crippen LogP contribution in [0.4, 0.5) is 5.69 Å². The molecule has 21 heavy (non-hydrogen) atoms. The van der Waals surface area contributed by atoms with Crippen LogP contribution in [0.5, 0.6) is 0 Å². The molecular formula is C19H24N2. The number of anilines is 1. The van der Waals surface area contributed by atoms with Gasteiger partial charge in [-0.05, 0) is 68.2 Å². The Labute approximate surface area is 126 Å². The standard InChI is InChI=1S/C19H24N2/c1-13-17-7-4-11-21-12-10-18(16(17)21)14-5-2-3-6-15(14)20-19(13,18)9-8-17/h2-3,5-6,13,16,20H,4,7-12H2,1H3. The predicted octanol–water partition coefficient (Wildman–Crippen LogP) is 3.39. The molecule has 1 aromatic carbocycles. The normalized spacial score (nSPS) is 52.4. The summed E-state index contributed by atoms with van der Waals surface area (Å²) in [5.74, 6) is 0.825. The van der Waals surface area contributed by atoms with Crippen LogP contribution in [0.3, 0.4) is 0 Å². The van der Waals surface area contributed by atoms with Gasteiger partial charge >= 0.3 is 0 Å². The summed E-state index contributed by atoms with van der Waals surface area (Å²) in [5.41, 5.74) is 4.50. The van der Waals surface area contributed by atoms with E-state index in [4.69, 9.17) is 0 Å². The highest BCUT2D eigenvalue weighted by atomic mass is 15.3. The smallest absolute Gasteiger partial charge is 0.0518 e. The summed E-state index contributed by atoms with van der Waals surface area (Å²) < 4.78 is 0. The summed E-state index contributed by atoms with van der Waals surface area (Å²) in [6.45, 7) is 5.26. The van der Waals surface area contributed by atoms with Crippen molar-refractivity contribution in [2.24, 2.45) is 11.3 Å². The van der Waals surface area contributed by atoms with E-state index in [0.29, 0.717) is 16.4 Å². The molecule has 5 atom stereocenters. The fourth-order valence-corrected chi connectivity index (χ4v) is 7.91. The molecule has 3 spiro atoms. The molecule has 0 amide bonds. The molecular weight excluding hydrogens is 256 g/mol. The van der Waals surface area contributed by atoms with Crippen LogP contribution in [0.15, 0.2) is 24.3 Å². The Bertz CT molecular complexity index is 655. The highest BCUT2D eigenvalue weighted by Gasteiger charge is 2.82. The maximum Gasteiger partial charge on any atom is 0.0518 e. The van der Waals surface area contributed by atoms with Crippen molar-refractivity contribution in [3.8, 4) is 0 Å². The Balaban J connectivity index is 1.70. The van der Waals surface area contributed by atoms with Crippen molar-refractivity contribution in [1.82, 2.24) is 4.90 Å². The molecule has 2 saturated heterocycles. The minimum atomic E-state index is 0.362. The van der Waals surface area contributed by atoms with E-state index in [1.54, 1.807) is 5.56 Å². The maximum absolute atomic E-state index is 4.09. The molecule has 2 saturated carbocycles. The quantitative estimate of drug-likeness (QED) is 0.783. The summed E-state index contributed by atoms with van der Waals surface area (Å²) in [6.07, 6.45) is 7.14. The van der Waals surface area contributed by atoms with Gasteiger partial charge in [0.05, 0.1) is 5.54 Å². The Morgan fingerprint density at radius 3 is 2.95 bits per heavy atom. The number of piperidine rings is 1. The Hall–Kier alpha value is -1.02. The lowest BCUT2D eigenvalue weighted by Crippen LogP contribution is -2.58.